The van der Waals surface area contributed by atoms with E-state index in [9.17, 15) is 13.6 Å². The fourth-order valence-electron chi connectivity index (χ4n) is 2.05. The van der Waals surface area contributed by atoms with Crippen molar-refractivity contribution in [1.82, 2.24) is 10.2 Å². The van der Waals surface area contributed by atoms with Gasteiger partial charge in [0.25, 0.3) is 5.89 Å². The fourth-order valence-corrected chi connectivity index (χ4v) is 2.05. The summed E-state index contributed by atoms with van der Waals surface area (Å²) in [5.74, 6) is -0.735. The highest BCUT2D eigenvalue weighted by molar-refractivity contribution is 5.92. The lowest BCUT2D eigenvalue weighted by molar-refractivity contribution is -0.0505. The second-order valence-electron chi connectivity index (χ2n) is 4.82. The van der Waals surface area contributed by atoms with Gasteiger partial charge in [-0.2, -0.15) is 8.78 Å². The second-order valence-corrected chi connectivity index (χ2v) is 4.82. The van der Waals surface area contributed by atoms with Crippen LogP contribution in [-0.2, 0) is 11.3 Å². The van der Waals surface area contributed by atoms with E-state index in [0.717, 1.165) is 5.56 Å². The molecule has 8 heteroatoms. The zero-order valence-corrected chi connectivity index (χ0v) is 12.8. The molecule has 0 atom stereocenters. The first-order valence-corrected chi connectivity index (χ1v) is 7.22. The van der Waals surface area contributed by atoms with E-state index in [1.54, 1.807) is 12.1 Å². The van der Waals surface area contributed by atoms with Crippen molar-refractivity contribution in [2.75, 3.05) is 0 Å². The molecule has 0 spiro atoms. The number of carbonyl (C=O) groups is 1. The molecule has 0 amide bonds. The molecule has 0 fully saturated rings. The summed E-state index contributed by atoms with van der Waals surface area (Å²) in [4.78, 5) is 12.1. The zero-order valence-electron chi connectivity index (χ0n) is 12.8. The molecule has 0 radical (unpaired) electrons. The van der Waals surface area contributed by atoms with E-state index in [1.165, 1.54) is 24.3 Å². The molecule has 0 aliphatic heterocycles. The summed E-state index contributed by atoms with van der Waals surface area (Å²) in [5, 5.41) is 7.65. The Bertz CT molecular complexity index is 853. The van der Waals surface area contributed by atoms with Crippen molar-refractivity contribution in [1.29, 1.82) is 0 Å². The molecule has 0 saturated carbocycles. The van der Waals surface area contributed by atoms with E-state index < -0.39 is 12.6 Å². The quantitative estimate of drug-likeness (QED) is 0.634. The Morgan fingerprint density at radius 2 is 1.76 bits per heavy atom. The predicted molar refractivity (Wildman–Crippen MR) is 81.9 cm³/mol. The molecule has 25 heavy (non-hydrogen) atoms. The predicted octanol–water partition coefficient (Wildman–Crippen LogP) is 3.70. The third-order valence-corrected chi connectivity index (χ3v) is 3.14. The highest BCUT2D eigenvalue weighted by atomic mass is 19.3. The molecular formula is C17H12F2N2O4. The van der Waals surface area contributed by atoms with Gasteiger partial charge in [-0.05, 0) is 24.3 Å². The van der Waals surface area contributed by atoms with Crippen LogP contribution < -0.4 is 4.74 Å². The summed E-state index contributed by atoms with van der Waals surface area (Å²) in [6.45, 7) is -3.33. The molecule has 3 rings (SSSR count). The minimum absolute atomic E-state index is 0.0828. The number of rotatable bonds is 6. The Hall–Kier alpha value is -3.29. The van der Waals surface area contributed by atoms with E-state index in [4.69, 9.17) is 9.15 Å². The van der Waals surface area contributed by atoms with Crippen molar-refractivity contribution in [3.63, 3.8) is 0 Å². The molecule has 1 aromatic heterocycles. The van der Waals surface area contributed by atoms with Gasteiger partial charge in [0, 0.05) is 5.56 Å². The Morgan fingerprint density at radius 3 is 2.52 bits per heavy atom. The number of benzene rings is 2. The Kier molecular flexibility index (Phi) is 4.98. The number of hydrogen-bond acceptors (Lipinski definition) is 6. The number of carbonyl (C=O) groups excluding carboxylic acids is 1. The maximum Gasteiger partial charge on any atom is 0.387 e. The Morgan fingerprint density at radius 1 is 1.04 bits per heavy atom. The third-order valence-electron chi connectivity index (χ3n) is 3.14. The van der Waals surface area contributed by atoms with Crippen molar-refractivity contribution in [3.8, 4) is 17.2 Å². The number of alkyl halides is 2. The van der Waals surface area contributed by atoms with E-state index in [0.29, 0.717) is 0 Å². The number of para-hydroxylation sites is 1. The summed E-state index contributed by atoms with van der Waals surface area (Å²) in [5.41, 5.74) is 0.605. The maximum atomic E-state index is 12.4. The van der Waals surface area contributed by atoms with Gasteiger partial charge in [-0.25, -0.2) is 4.79 Å². The van der Waals surface area contributed by atoms with Gasteiger partial charge in [0.05, 0.1) is 0 Å². The zero-order chi connectivity index (χ0) is 17.6. The van der Waals surface area contributed by atoms with E-state index in [2.05, 4.69) is 14.9 Å². The largest absolute Gasteiger partial charge is 0.452 e. The van der Waals surface area contributed by atoms with Gasteiger partial charge in [-0.3, -0.25) is 0 Å². The van der Waals surface area contributed by atoms with Crippen LogP contribution >= 0.6 is 0 Å². The van der Waals surface area contributed by atoms with E-state index in [-0.39, 0.29) is 29.7 Å². The minimum Gasteiger partial charge on any atom is -0.452 e. The first kappa shape index (κ1) is 16.6. The molecule has 0 aliphatic carbocycles. The van der Waals surface area contributed by atoms with Crippen LogP contribution in [0.15, 0.2) is 59.0 Å². The summed E-state index contributed by atoms with van der Waals surface area (Å²) in [6, 6.07) is 14.6. The number of hydrogen-bond donors (Lipinski definition) is 0. The summed E-state index contributed by atoms with van der Waals surface area (Å²) < 4.78 is 39.5. The Labute approximate surface area is 141 Å². The molecular weight excluding hydrogens is 334 g/mol. The monoisotopic (exact) mass is 346 g/mol. The number of halogens is 2. The molecule has 0 aliphatic rings. The topological polar surface area (TPSA) is 74.5 Å². The van der Waals surface area contributed by atoms with Crippen LogP contribution in [0, 0.1) is 0 Å². The number of nitrogens with zero attached hydrogens (tertiary/aromatic N) is 2. The van der Waals surface area contributed by atoms with Gasteiger partial charge in [0.2, 0.25) is 5.89 Å². The van der Waals surface area contributed by atoms with Crippen LogP contribution in [0.1, 0.15) is 16.2 Å². The molecule has 2 aromatic carbocycles. The van der Waals surface area contributed by atoms with Crippen LogP contribution in [0.5, 0.6) is 5.75 Å². The standard InChI is InChI=1S/C17H12F2N2O4/c18-17(19)24-13-9-5-4-8-12(13)16(22)23-10-14-20-21-15(25-14)11-6-2-1-3-7-11/h1-9,17H,10H2. The number of esters is 1. The Balaban J connectivity index is 1.66. The van der Waals surface area contributed by atoms with Crippen molar-refractivity contribution in [2.45, 2.75) is 13.2 Å². The summed E-state index contributed by atoms with van der Waals surface area (Å²) in [7, 11) is 0. The molecule has 0 saturated heterocycles. The van der Waals surface area contributed by atoms with Crippen molar-refractivity contribution < 1.29 is 27.5 Å². The smallest absolute Gasteiger partial charge is 0.387 e. The van der Waals surface area contributed by atoms with Gasteiger partial charge in [-0.1, -0.05) is 30.3 Å². The van der Waals surface area contributed by atoms with Gasteiger partial charge in [0.15, 0.2) is 6.61 Å². The van der Waals surface area contributed by atoms with E-state index >= 15 is 0 Å². The van der Waals surface area contributed by atoms with Crippen LogP contribution in [0.3, 0.4) is 0 Å². The number of ether oxygens (including phenoxy) is 2. The van der Waals surface area contributed by atoms with Crippen molar-refractivity contribution >= 4 is 5.97 Å². The minimum atomic E-state index is -3.04. The van der Waals surface area contributed by atoms with Gasteiger partial charge >= 0.3 is 12.6 Å². The lowest BCUT2D eigenvalue weighted by Gasteiger charge is -2.09. The normalized spacial score (nSPS) is 10.7. The highest BCUT2D eigenvalue weighted by Crippen LogP contribution is 2.22. The van der Waals surface area contributed by atoms with Crippen LogP contribution in [-0.4, -0.2) is 22.8 Å². The summed E-state index contributed by atoms with van der Waals surface area (Å²) >= 11 is 0. The van der Waals surface area contributed by atoms with Gasteiger partial charge < -0.3 is 13.9 Å². The van der Waals surface area contributed by atoms with E-state index in [1.807, 2.05) is 18.2 Å². The second kappa shape index (κ2) is 7.52. The fraction of sp³-hybridized carbons (Fsp3) is 0.118. The third kappa shape index (κ3) is 4.17. The van der Waals surface area contributed by atoms with Gasteiger partial charge in [-0.15, -0.1) is 10.2 Å². The van der Waals surface area contributed by atoms with Crippen molar-refractivity contribution in [3.05, 3.63) is 66.1 Å². The molecule has 1 heterocycles. The van der Waals surface area contributed by atoms with Crippen molar-refractivity contribution in [2.24, 2.45) is 0 Å². The average molecular weight is 346 g/mol. The lowest BCUT2D eigenvalue weighted by atomic mass is 10.2. The van der Waals surface area contributed by atoms with Crippen LogP contribution in [0.25, 0.3) is 11.5 Å². The first-order valence-electron chi connectivity index (χ1n) is 7.22. The average Bonchev–Trinajstić information content (AvgIpc) is 3.09. The molecule has 0 bridgehead atoms. The molecule has 3 aromatic rings. The SMILES string of the molecule is O=C(OCc1nnc(-c2ccccc2)o1)c1ccccc1OC(F)F. The van der Waals surface area contributed by atoms with Gasteiger partial charge in [0.1, 0.15) is 11.3 Å². The molecule has 128 valence electrons. The summed E-state index contributed by atoms with van der Waals surface area (Å²) in [6.07, 6.45) is 0. The molecule has 0 unspecified atom stereocenters. The highest BCUT2D eigenvalue weighted by Gasteiger charge is 2.18. The number of aromatic nitrogens is 2. The molecule has 0 N–H and O–H groups in total. The van der Waals surface area contributed by atoms with Crippen LogP contribution in [0.2, 0.25) is 0 Å². The first-order chi connectivity index (χ1) is 12.1. The van der Waals surface area contributed by atoms with Crippen LogP contribution in [0.4, 0.5) is 8.78 Å². The maximum absolute atomic E-state index is 12.4. The lowest BCUT2D eigenvalue weighted by Crippen LogP contribution is -2.10. The molecule has 6 nitrogen and oxygen atoms in total.